The Morgan fingerprint density at radius 2 is 0.602 bits per heavy atom. The number of benzene rings is 9. The van der Waals surface area contributed by atoms with Crippen molar-refractivity contribution >= 4 is 53.2 Å². The minimum atomic E-state index is -0.944. The number of fused-ring (bicyclic) bond motifs is 3. The predicted molar refractivity (Wildman–Crippen MR) is 435 cm³/mol. The number of carboxylic acid groups (broad SMARTS) is 3. The molecule has 3 aromatic heterocycles. The van der Waals surface area contributed by atoms with Crippen molar-refractivity contribution in [3.05, 3.63) is 339 Å². The topological polar surface area (TPSA) is 175 Å². The first kappa shape index (κ1) is 73.9. The Morgan fingerprint density at radius 1 is 0.352 bits per heavy atom. The second-order valence-electron chi connectivity index (χ2n) is 28.6. The number of rotatable bonds is 18. The highest BCUT2D eigenvalue weighted by Gasteiger charge is 2.37. The zero-order valence-corrected chi connectivity index (χ0v) is 62.8. The molecule has 546 valence electrons. The molecule has 15 nitrogen and oxygen atoms in total. The SMILES string of the molecule is CCc1ccc(N2C(C)Cc3cc(-c4cnn(C)c4)ccc3C2c2ccc(/C=C/C(=O)O)cc2)cc1.CCc1ccc(N2[C@@H](c3ccc(/C=C/C(=O)O)cc3)c3ccc(-c4cnn(C)c4)cc3C[C@@H]2C)cc1.CCc1ccc(N2[C@H](c3ccc(/C=C/C(=O)O)cc3)c3ccc(-c4cnn(C)c4)cc3C[C@H]2C)cc1. The molecule has 15 rings (SSSR count). The van der Waals surface area contributed by atoms with E-state index < -0.39 is 17.9 Å². The van der Waals surface area contributed by atoms with Crippen molar-refractivity contribution in [3.8, 4) is 33.4 Å². The van der Waals surface area contributed by atoms with E-state index in [2.05, 4.69) is 254 Å². The number of nitrogens with zero attached hydrogens (tertiary/aromatic N) is 9. The zero-order valence-electron chi connectivity index (χ0n) is 62.8. The summed E-state index contributed by atoms with van der Waals surface area (Å²) in [7, 11) is 5.82. The molecule has 0 saturated carbocycles. The number of hydrogen-bond acceptors (Lipinski definition) is 9. The Bertz CT molecular complexity index is 4720. The highest BCUT2D eigenvalue weighted by atomic mass is 16.4. The number of hydrogen-bond donors (Lipinski definition) is 3. The van der Waals surface area contributed by atoms with Crippen molar-refractivity contribution in [1.29, 1.82) is 0 Å². The Labute approximate surface area is 633 Å². The van der Waals surface area contributed by atoms with Crippen molar-refractivity contribution in [2.75, 3.05) is 14.7 Å². The van der Waals surface area contributed by atoms with E-state index in [1.165, 1.54) is 119 Å². The summed E-state index contributed by atoms with van der Waals surface area (Å²) in [5, 5.41) is 40.0. The van der Waals surface area contributed by atoms with E-state index in [0.717, 1.165) is 71.9 Å². The van der Waals surface area contributed by atoms with Gasteiger partial charge in [-0.1, -0.05) is 185 Å². The van der Waals surface area contributed by atoms with Crippen LogP contribution in [0, 0.1) is 0 Å². The van der Waals surface area contributed by atoms with Crippen LogP contribution in [0.1, 0.15) is 143 Å². The van der Waals surface area contributed by atoms with Gasteiger partial charge in [0.2, 0.25) is 0 Å². The van der Waals surface area contributed by atoms with Crippen LogP contribution < -0.4 is 14.7 Å². The highest BCUT2D eigenvalue weighted by molar-refractivity contribution is 5.86. The summed E-state index contributed by atoms with van der Waals surface area (Å²) in [6.07, 6.45) is 26.2. The van der Waals surface area contributed by atoms with E-state index in [1.54, 1.807) is 18.2 Å². The summed E-state index contributed by atoms with van der Waals surface area (Å²) in [6.45, 7) is 13.4. The quantitative estimate of drug-likeness (QED) is 0.0695. The largest absolute Gasteiger partial charge is 0.478 e. The highest BCUT2D eigenvalue weighted by Crippen LogP contribution is 2.46. The van der Waals surface area contributed by atoms with E-state index >= 15 is 0 Å². The molecule has 0 aliphatic carbocycles. The van der Waals surface area contributed by atoms with Gasteiger partial charge in [0, 0.05) is 110 Å². The normalized spacial score (nSPS) is 17.4. The van der Waals surface area contributed by atoms with E-state index in [1.807, 2.05) is 90.2 Å². The molecular formula is C93H93N9O6. The van der Waals surface area contributed by atoms with Gasteiger partial charge in [0.15, 0.2) is 0 Å². The lowest BCUT2D eigenvalue weighted by molar-refractivity contribution is -0.132. The van der Waals surface area contributed by atoms with Crippen molar-refractivity contribution in [3.63, 3.8) is 0 Å². The number of carboxylic acids is 3. The maximum Gasteiger partial charge on any atom is 0.328 e. The maximum absolute atomic E-state index is 10.9. The molecule has 0 saturated heterocycles. The monoisotopic (exact) mass is 1430 g/mol. The van der Waals surface area contributed by atoms with Gasteiger partial charge in [-0.25, -0.2) is 14.4 Å². The van der Waals surface area contributed by atoms with Crippen LogP contribution >= 0.6 is 0 Å². The molecule has 0 radical (unpaired) electrons. The smallest absolute Gasteiger partial charge is 0.328 e. The summed E-state index contributed by atoms with van der Waals surface area (Å²) in [5.41, 5.74) is 28.7. The Balaban J connectivity index is 0.000000143. The minimum Gasteiger partial charge on any atom is -0.478 e. The first-order valence-electron chi connectivity index (χ1n) is 37.3. The van der Waals surface area contributed by atoms with Crippen LogP contribution in [0.25, 0.3) is 51.6 Å². The molecule has 0 fully saturated rings. The molecule has 6 heterocycles. The third-order valence-corrected chi connectivity index (χ3v) is 21.2. The molecule has 3 aliphatic rings. The maximum atomic E-state index is 10.9. The number of anilines is 3. The summed E-state index contributed by atoms with van der Waals surface area (Å²) >= 11 is 0. The summed E-state index contributed by atoms with van der Waals surface area (Å²) in [4.78, 5) is 40.4. The lowest BCUT2D eigenvalue weighted by Gasteiger charge is -2.44. The second kappa shape index (κ2) is 33.0. The van der Waals surface area contributed by atoms with Gasteiger partial charge < -0.3 is 30.0 Å². The fourth-order valence-electron chi connectivity index (χ4n) is 15.7. The van der Waals surface area contributed by atoms with Crippen molar-refractivity contribution < 1.29 is 29.7 Å². The molecule has 12 aromatic rings. The van der Waals surface area contributed by atoms with Crippen molar-refractivity contribution in [2.45, 2.75) is 116 Å². The van der Waals surface area contributed by atoms with Gasteiger partial charge in [-0.15, -0.1) is 0 Å². The molecule has 3 aliphatic heterocycles. The summed E-state index contributed by atoms with van der Waals surface area (Å²) < 4.78 is 5.51. The van der Waals surface area contributed by atoms with E-state index in [0.29, 0.717) is 18.1 Å². The summed E-state index contributed by atoms with van der Waals surface area (Å²) in [5.74, 6) is -2.83. The average Bonchev–Trinajstić information content (AvgIpc) is 1.16. The molecule has 9 aromatic carbocycles. The number of carbonyl (C=O) groups is 3. The molecule has 15 heteroatoms. The third kappa shape index (κ3) is 16.8. The molecular weight excluding hydrogens is 1340 g/mol. The average molecular weight is 1430 g/mol. The molecule has 0 bridgehead atoms. The number of aryl methyl sites for hydroxylation is 6. The van der Waals surface area contributed by atoms with Crippen LogP contribution in [-0.4, -0.2) is 80.7 Å². The zero-order chi connectivity index (χ0) is 75.7. The minimum absolute atomic E-state index is 0.0525. The van der Waals surface area contributed by atoms with Gasteiger partial charge >= 0.3 is 17.9 Å². The van der Waals surface area contributed by atoms with Crippen LogP contribution in [-0.2, 0) is 74.1 Å². The first-order valence-corrected chi connectivity index (χ1v) is 37.3. The molecule has 108 heavy (non-hydrogen) atoms. The van der Waals surface area contributed by atoms with Crippen LogP contribution in [0.5, 0.6) is 0 Å². The van der Waals surface area contributed by atoms with Gasteiger partial charge in [0.05, 0.1) is 36.7 Å². The van der Waals surface area contributed by atoms with Gasteiger partial charge in [0.1, 0.15) is 0 Å². The molecule has 0 amide bonds. The summed E-state index contributed by atoms with van der Waals surface area (Å²) in [6, 6.07) is 72.8. The fraction of sp³-hybridized carbons (Fsp3) is 0.226. The molecule has 0 spiro atoms. The molecule has 3 N–H and O–H groups in total. The number of aliphatic carboxylic acids is 3. The molecule has 6 atom stereocenters. The van der Waals surface area contributed by atoms with E-state index in [-0.39, 0.29) is 18.1 Å². The Hall–Kier alpha value is -12.4. The Kier molecular flexibility index (Phi) is 22.6. The second-order valence-corrected chi connectivity index (χ2v) is 28.6. The van der Waals surface area contributed by atoms with Gasteiger partial charge in [0.25, 0.3) is 0 Å². The lowest BCUT2D eigenvalue weighted by Crippen LogP contribution is -2.42. The van der Waals surface area contributed by atoms with Crippen LogP contribution in [0.2, 0.25) is 0 Å². The Morgan fingerprint density at radius 3 is 0.815 bits per heavy atom. The molecule has 2 unspecified atom stereocenters. The van der Waals surface area contributed by atoms with Crippen LogP contribution in [0.4, 0.5) is 17.1 Å². The van der Waals surface area contributed by atoms with Crippen LogP contribution in [0.15, 0.2) is 256 Å². The van der Waals surface area contributed by atoms with Gasteiger partial charge in [-0.05, 0) is 214 Å². The van der Waals surface area contributed by atoms with Crippen molar-refractivity contribution in [2.24, 2.45) is 21.1 Å². The fourth-order valence-corrected chi connectivity index (χ4v) is 15.7. The van der Waals surface area contributed by atoms with Gasteiger partial charge in [-0.2, -0.15) is 15.3 Å². The first-order chi connectivity index (χ1) is 52.3. The van der Waals surface area contributed by atoms with Crippen molar-refractivity contribution in [1.82, 2.24) is 29.3 Å². The standard InChI is InChI=1S/3C31H31N3O2/c3*1-4-22-7-13-28(14-8-22)34-21(2)17-26-18-25(27-19-32-33(3)20-27)12-15-29(26)31(34)24-10-5-23(6-11-24)9-16-30(35)36/h3*5-16,18-21,31H,4,17H2,1-3H3,(H,35,36)/b3*16-9+/t2*21-,31-;/m10./s1. The third-order valence-electron chi connectivity index (χ3n) is 21.2. The predicted octanol–water partition coefficient (Wildman–Crippen LogP) is 18.9. The number of aromatic nitrogens is 6. The van der Waals surface area contributed by atoms with E-state index in [9.17, 15) is 14.4 Å². The van der Waals surface area contributed by atoms with Gasteiger partial charge in [-0.3, -0.25) is 14.0 Å². The van der Waals surface area contributed by atoms with E-state index in [4.69, 9.17) is 15.3 Å². The van der Waals surface area contributed by atoms with Crippen LogP contribution in [0.3, 0.4) is 0 Å². The lowest BCUT2D eigenvalue weighted by atomic mass is 9.83.